The van der Waals surface area contributed by atoms with Crippen LogP contribution in [0.5, 0.6) is 0 Å². The first kappa shape index (κ1) is 29.9. The van der Waals surface area contributed by atoms with Crippen molar-refractivity contribution in [3.63, 3.8) is 0 Å². The SMILES string of the molecule is Cc1ccc(Cl)cc1N(CCCC(=O)N(Cc1ccc(F)cc1)C(C)C(=O)NC1CCCCC1)S(C)(=O)=O. The molecule has 1 fully saturated rings. The molecule has 0 aliphatic heterocycles. The summed E-state index contributed by atoms with van der Waals surface area (Å²) < 4.78 is 39.8. The van der Waals surface area contributed by atoms with Crippen molar-refractivity contribution in [2.75, 3.05) is 17.1 Å². The lowest BCUT2D eigenvalue weighted by Crippen LogP contribution is -2.50. The monoisotopic (exact) mass is 565 g/mol. The lowest BCUT2D eigenvalue weighted by Gasteiger charge is -2.31. The summed E-state index contributed by atoms with van der Waals surface area (Å²) in [7, 11) is -3.62. The van der Waals surface area contributed by atoms with Gasteiger partial charge in [-0.1, -0.05) is 49.1 Å². The smallest absolute Gasteiger partial charge is 0.242 e. The molecule has 0 aromatic heterocycles. The number of halogens is 2. The molecule has 1 aliphatic rings. The van der Waals surface area contributed by atoms with Crippen LogP contribution in [0.4, 0.5) is 10.1 Å². The van der Waals surface area contributed by atoms with Crippen molar-refractivity contribution in [3.05, 3.63) is 64.4 Å². The first-order chi connectivity index (χ1) is 18.0. The van der Waals surface area contributed by atoms with Gasteiger partial charge in [-0.2, -0.15) is 0 Å². The molecule has 3 rings (SSSR count). The fourth-order valence-corrected chi connectivity index (χ4v) is 5.95. The summed E-state index contributed by atoms with van der Waals surface area (Å²) in [5.41, 5.74) is 1.91. The third kappa shape index (κ3) is 8.43. The topological polar surface area (TPSA) is 86.8 Å². The fraction of sp³-hybridized carbons (Fsp3) is 0.500. The Hall–Kier alpha value is -2.65. The van der Waals surface area contributed by atoms with Gasteiger partial charge in [0.1, 0.15) is 11.9 Å². The molecule has 0 heterocycles. The van der Waals surface area contributed by atoms with E-state index < -0.39 is 16.1 Å². The van der Waals surface area contributed by atoms with Crippen molar-refractivity contribution >= 4 is 39.1 Å². The van der Waals surface area contributed by atoms with Gasteiger partial charge in [0.25, 0.3) is 0 Å². The van der Waals surface area contributed by atoms with E-state index in [1.165, 1.54) is 21.3 Å². The average molecular weight is 566 g/mol. The first-order valence-electron chi connectivity index (χ1n) is 13.0. The Balaban J connectivity index is 1.73. The number of anilines is 1. The van der Waals surface area contributed by atoms with Crippen LogP contribution in [0.15, 0.2) is 42.5 Å². The van der Waals surface area contributed by atoms with Gasteiger partial charge in [0.2, 0.25) is 21.8 Å². The summed E-state index contributed by atoms with van der Waals surface area (Å²) in [6, 6.07) is 10.2. The zero-order chi connectivity index (χ0) is 27.9. The van der Waals surface area contributed by atoms with Crippen LogP contribution < -0.4 is 9.62 Å². The molecule has 2 amide bonds. The molecule has 0 saturated heterocycles. The predicted octanol–water partition coefficient (Wildman–Crippen LogP) is 5.20. The Kier molecular flexibility index (Phi) is 10.6. The number of carbonyl (C=O) groups excluding carboxylic acids is 2. The molecule has 1 aliphatic carbocycles. The van der Waals surface area contributed by atoms with Crippen LogP contribution in [0.2, 0.25) is 5.02 Å². The molecule has 1 unspecified atom stereocenters. The molecule has 2 aromatic rings. The summed E-state index contributed by atoms with van der Waals surface area (Å²) in [6.45, 7) is 3.71. The van der Waals surface area contributed by atoms with E-state index in [0.717, 1.165) is 43.9 Å². The summed E-state index contributed by atoms with van der Waals surface area (Å²) in [5, 5.41) is 3.50. The molecule has 1 atom stereocenters. The van der Waals surface area contributed by atoms with E-state index in [9.17, 15) is 22.4 Å². The Labute approximate surface area is 230 Å². The molecular weight excluding hydrogens is 529 g/mol. The van der Waals surface area contributed by atoms with Crippen molar-refractivity contribution in [1.82, 2.24) is 10.2 Å². The summed E-state index contributed by atoms with van der Waals surface area (Å²) in [4.78, 5) is 28.0. The highest BCUT2D eigenvalue weighted by atomic mass is 35.5. The van der Waals surface area contributed by atoms with Crippen LogP contribution in [0.1, 0.15) is 63.0 Å². The van der Waals surface area contributed by atoms with E-state index in [0.29, 0.717) is 16.3 Å². The maximum atomic E-state index is 13.5. The van der Waals surface area contributed by atoms with Crippen molar-refractivity contribution in [3.8, 4) is 0 Å². The molecule has 7 nitrogen and oxygen atoms in total. The van der Waals surface area contributed by atoms with Gasteiger partial charge in [-0.05, 0) is 68.5 Å². The van der Waals surface area contributed by atoms with Crippen LogP contribution in [-0.2, 0) is 26.2 Å². The van der Waals surface area contributed by atoms with Crippen LogP contribution in [0, 0.1) is 12.7 Å². The number of aryl methyl sites for hydroxylation is 1. The lowest BCUT2D eigenvalue weighted by molar-refractivity contribution is -0.141. The Bertz CT molecular complexity index is 1220. The van der Waals surface area contributed by atoms with Gasteiger partial charge < -0.3 is 10.2 Å². The molecule has 208 valence electrons. The second kappa shape index (κ2) is 13.4. The highest BCUT2D eigenvalue weighted by molar-refractivity contribution is 7.92. The Morgan fingerprint density at radius 2 is 1.76 bits per heavy atom. The minimum Gasteiger partial charge on any atom is -0.352 e. The standard InChI is InChI=1S/C28H37ClFN3O4S/c1-20-11-14-23(29)18-26(20)33(38(3,36)37)17-7-10-27(34)32(19-22-12-15-24(30)16-13-22)21(2)28(35)31-25-8-5-4-6-9-25/h11-16,18,21,25H,4-10,17,19H2,1-3H3,(H,31,35). The van der Waals surface area contributed by atoms with Crippen molar-refractivity contribution < 1.29 is 22.4 Å². The largest absolute Gasteiger partial charge is 0.352 e. The molecule has 1 saturated carbocycles. The minimum atomic E-state index is -3.62. The zero-order valence-corrected chi connectivity index (χ0v) is 23.8. The van der Waals surface area contributed by atoms with E-state index in [1.807, 2.05) is 0 Å². The highest BCUT2D eigenvalue weighted by Crippen LogP contribution is 2.27. The third-order valence-electron chi connectivity index (χ3n) is 6.98. The molecule has 2 aromatic carbocycles. The molecule has 10 heteroatoms. The maximum Gasteiger partial charge on any atom is 0.242 e. The molecule has 38 heavy (non-hydrogen) atoms. The van der Waals surface area contributed by atoms with Crippen LogP contribution in [-0.4, -0.2) is 50.0 Å². The number of sulfonamides is 1. The lowest BCUT2D eigenvalue weighted by atomic mass is 9.95. The summed E-state index contributed by atoms with van der Waals surface area (Å²) in [6.07, 6.45) is 6.55. The van der Waals surface area contributed by atoms with Gasteiger partial charge in [-0.25, -0.2) is 12.8 Å². The molecule has 0 radical (unpaired) electrons. The van der Waals surface area contributed by atoms with E-state index in [1.54, 1.807) is 44.2 Å². The predicted molar refractivity (Wildman–Crippen MR) is 149 cm³/mol. The van der Waals surface area contributed by atoms with Crippen molar-refractivity contribution in [2.45, 2.75) is 77.4 Å². The quantitative estimate of drug-likeness (QED) is 0.406. The molecular formula is C28H37ClFN3O4S. The molecule has 1 N–H and O–H groups in total. The van der Waals surface area contributed by atoms with Crippen molar-refractivity contribution in [1.29, 1.82) is 0 Å². The van der Waals surface area contributed by atoms with Crippen LogP contribution in [0.3, 0.4) is 0 Å². The number of rotatable bonds is 11. The van der Waals surface area contributed by atoms with Gasteiger partial charge in [-0.3, -0.25) is 13.9 Å². The number of nitrogens with zero attached hydrogens (tertiary/aromatic N) is 2. The third-order valence-corrected chi connectivity index (χ3v) is 8.39. The average Bonchev–Trinajstić information content (AvgIpc) is 2.87. The van der Waals surface area contributed by atoms with Crippen LogP contribution in [0.25, 0.3) is 0 Å². The number of benzene rings is 2. The Morgan fingerprint density at radius 3 is 2.39 bits per heavy atom. The minimum absolute atomic E-state index is 0.0356. The number of hydrogen-bond donors (Lipinski definition) is 1. The highest BCUT2D eigenvalue weighted by Gasteiger charge is 2.28. The van der Waals surface area contributed by atoms with Gasteiger partial charge in [0.15, 0.2) is 0 Å². The van der Waals surface area contributed by atoms with E-state index in [4.69, 9.17) is 11.6 Å². The zero-order valence-electron chi connectivity index (χ0n) is 22.3. The number of amides is 2. The van der Waals surface area contributed by atoms with Crippen molar-refractivity contribution in [2.24, 2.45) is 0 Å². The van der Waals surface area contributed by atoms with Gasteiger partial charge >= 0.3 is 0 Å². The molecule has 0 bridgehead atoms. The summed E-state index contributed by atoms with van der Waals surface area (Å²) in [5.74, 6) is -0.886. The number of nitrogens with one attached hydrogen (secondary N) is 1. The van der Waals surface area contributed by atoms with E-state index in [2.05, 4.69) is 5.32 Å². The van der Waals surface area contributed by atoms with Gasteiger partial charge in [0.05, 0.1) is 11.9 Å². The van der Waals surface area contributed by atoms with Gasteiger partial charge in [0, 0.05) is 30.6 Å². The molecule has 0 spiro atoms. The second-order valence-electron chi connectivity index (χ2n) is 10.0. The fourth-order valence-electron chi connectivity index (χ4n) is 4.77. The number of hydrogen-bond acceptors (Lipinski definition) is 4. The van der Waals surface area contributed by atoms with Gasteiger partial charge in [-0.15, -0.1) is 0 Å². The van der Waals surface area contributed by atoms with E-state index >= 15 is 0 Å². The summed E-state index contributed by atoms with van der Waals surface area (Å²) >= 11 is 6.11. The maximum absolute atomic E-state index is 13.5. The number of carbonyl (C=O) groups is 2. The second-order valence-corrected chi connectivity index (χ2v) is 12.4. The van der Waals surface area contributed by atoms with Crippen LogP contribution >= 0.6 is 11.6 Å². The normalized spacial score (nSPS) is 15.1. The van der Waals surface area contributed by atoms with E-state index in [-0.39, 0.29) is 49.6 Å². The first-order valence-corrected chi connectivity index (χ1v) is 15.3. The Morgan fingerprint density at radius 1 is 1.11 bits per heavy atom.